The third kappa shape index (κ3) is 2.90. The molecule has 1 N–H and O–H groups in total. The quantitative estimate of drug-likeness (QED) is 0.777. The SMILES string of the molecule is CC(C)n1c(Cc2cccs2)nc2cc(CC(=O)O)ccc21. The predicted octanol–water partition coefficient (Wildman–Crippen LogP) is 3.90. The molecule has 0 aliphatic rings. The predicted molar refractivity (Wildman–Crippen MR) is 88.6 cm³/mol. The number of carbonyl (C=O) groups is 1. The summed E-state index contributed by atoms with van der Waals surface area (Å²) in [6.45, 7) is 4.29. The van der Waals surface area contributed by atoms with E-state index in [0.717, 1.165) is 28.8 Å². The van der Waals surface area contributed by atoms with Crippen LogP contribution in [0.5, 0.6) is 0 Å². The zero-order valence-corrected chi connectivity index (χ0v) is 13.4. The normalized spacial score (nSPS) is 11.4. The Bertz CT molecular complexity index is 804. The van der Waals surface area contributed by atoms with E-state index in [2.05, 4.69) is 29.9 Å². The lowest BCUT2D eigenvalue weighted by Gasteiger charge is -2.12. The van der Waals surface area contributed by atoms with Crippen molar-refractivity contribution in [3.63, 3.8) is 0 Å². The van der Waals surface area contributed by atoms with E-state index in [9.17, 15) is 4.79 Å². The summed E-state index contributed by atoms with van der Waals surface area (Å²) >= 11 is 1.73. The van der Waals surface area contributed by atoms with Gasteiger partial charge in [0, 0.05) is 17.3 Å². The molecule has 5 heteroatoms. The van der Waals surface area contributed by atoms with E-state index in [1.54, 1.807) is 11.3 Å². The lowest BCUT2D eigenvalue weighted by molar-refractivity contribution is -0.136. The van der Waals surface area contributed by atoms with Crippen molar-refractivity contribution in [2.75, 3.05) is 0 Å². The number of hydrogen-bond donors (Lipinski definition) is 1. The molecular weight excluding hydrogens is 296 g/mol. The zero-order chi connectivity index (χ0) is 15.7. The Labute approximate surface area is 133 Å². The first-order valence-electron chi connectivity index (χ1n) is 7.28. The van der Waals surface area contributed by atoms with Gasteiger partial charge in [0.05, 0.1) is 17.5 Å². The Morgan fingerprint density at radius 2 is 2.18 bits per heavy atom. The van der Waals surface area contributed by atoms with Crippen LogP contribution >= 0.6 is 11.3 Å². The van der Waals surface area contributed by atoms with E-state index in [1.165, 1.54) is 4.88 Å². The summed E-state index contributed by atoms with van der Waals surface area (Å²) in [5, 5.41) is 11.0. The van der Waals surface area contributed by atoms with Crippen molar-refractivity contribution in [1.29, 1.82) is 0 Å². The fourth-order valence-electron chi connectivity index (χ4n) is 2.75. The van der Waals surface area contributed by atoms with Gasteiger partial charge in [-0.25, -0.2) is 4.98 Å². The summed E-state index contributed by atoms with van der Waals surface area (Å²) in [6.07, 6.45) is 0.837. The summed E-state index contributed by atoms with van der Waals surface area (Å²) in [4.78, 5) is 16.9. The van der Waals surface area contributed by atoms with Gasteiger partial charge in [0.1, 0.15) is 5.82 Å². The first-order chi connectivity index (χ1) is 10.5. The number of thiophene rings is 1. The average Bonchev–Trinajstić information content (AvgIpc) is 3.04. The topological polar surface area (TPSA) is 55.1 Å². The fourth-order valence-corrected chi connectivity index (χ4v) is 3.45. The van der Waals surface area contributed by atoms with Crippen molar-refractivity contribution in [3.05, 3.63) is 52.0 Å². The van der Waals surface area contributed by atoms with Crippen molar-refractivity contribution in [3.8, 4) is 0 Å². The van der Waals surface area contributed by atoms with Crippen molar-refractivity contribution >= 4 is 28.3 Å². The van der Waals surface area contributed by atoms with Crippen LogP contribution in [0.15, 0.2) is 35.7 Å². The van der Waals surface area contributed by atoms with Crippen LogP contribution in [0.25, 0.3) is 11.0 Å². The molecule has 2 heterocycles. The number of carboxylic acid groups (broad SMARTS) is 1. The van der Waals surface area contributed by atoms with Crippen LogP contribution in [0.2, 0.25) is 0 Å². The molecule has 1 aromatic carbocycles. The Morgan fingerprint density at radius 1 is 1.36 bits per heavy atom. The summed E-state index contributed by atoms with van der Waals surface area (Å²) in [5.41, 5.74) is 2.73. The van der Waals surface area contributed by atoms with Gasteiger partial charge < -0.3 is 9.67 Å². The van der Waals surface area contributed by atoms with Gasteiger partial charge in [-0.1, -0.05) is 12.1 Å². The lowest BCUT2D eigenvalue weighted by atomic mass is 10.1. The number of nitrogens with zero attached hydrogens (tertiary/aromatic N) is 2. The van der Waals surface area contributed by atoms with Crippen LogP contribution in [0.1, 0.15) is 36.2 Å². The third-order valence-electron chi connectivity index (χ3n) is 3.61. The van der Waals surface area contributed by atoms with Crippen LogP contribution in [0, 0.1) is 0 Å². The van der Waals surface area contributed by atoms with Crippen molar-refractivity contribution in [2.45, 2.75) is 32.7 Å². The molecule has 3 aromatic rings. The summed E-state index contributed by atoms with van der Waals surface area (Å²) in [6, 6.07) is 10.2. The second kappa shape index (κ2) is 5.93. The largest absolute Gasteiger partial charge is 0.481 e. The standard InChI is InChI=1S/C17H18N2O2S/c1-11(2)19-15-6-5-12(9-17(20)21)8-14(15)18-16(19)10-13-4-3-7-22-13/h3-8,11H,9-10H2,1-2H3,(H,20,21). The van der Waals surface area contributed by atoms with Gasteiger partial charge in [-0.2, -0.15) is 0 Å². The minimum atomic E-state index is -0.818. The second-order valence-corrected chi connectivity index (χ2v) is 6.67. The summed E-state index contributed by atoms with van der Waals surface area (Å²) in [5.74, 6) is 0.210. The molecule has 0 saturated carbocycles. The Balaban J connectivity index is 2.06. The minimum absolute atomic E-state index is 0.0325. The van der Waals surface area contributed by atoms with Crippen LogP contribution in [0.4, 0.5) is 0 Å². The van der Waals surface area contributed by atoms with Gasteiger partial charge in [0.15, 0.2) is 0 Å². The van der Waals surface area contributed by atoms with E-state index in [4.69, 9.17) is 10.1 Å². The molecule has 0 saturated heterocycles. The Morgan fingerprint density at radius 3 is 2.82 bits per heavy atom. The van der Waals surface area contributed by atoms with E-state index < -0.39 is 5.97 Å². The van der Waals surface area contributed by atoms with Crippen LogP contribution in [-0.2, 0) is 17.6 Å². The first kappa shape index (κ1) is 14.8. The average molecular weight is 314 g/mol. The summed E-state index contributed by atoms with van der Waals surface area (Å²) in [7, 11) is 0. The highest BCUT2D eigenvalue weighted by molar-refractivity contribution is 7.09. The number of benzene rings is 1. The summed E-state index contributed by atoms with van der Waals surface area (Å²) < 4.78 is 2.24. The van der Waals surface area contributed by atoms with Gasteiger partial charge in [-0.3, -0.25) is 4.79 Å². The minimum Gasteiger partial charge on any atom is -0.481 e. The molecule has 0 unspecified atom stereocenters. The fraction of sp³-hybridized carbons (Fsp3) is 0.294. The van der Waals surface area contributed by atoms with E-state index in [1.807, 2.05) is 24.3 Å². The lowest BCUT2D eigenvalue weighted by Crippen LogP contribution is -2.06. The maximum atomic E-state index is 10.9. The number of carboxylic acids is 1. The number of rotatable bonds is 5. The number of fused-ring (bicyclic) bond motifs is 1. The molecule has 0 spiro atoms. The first-order valence-corrected chi connectivity index (χ1v) is 8.16. The molecule has 0 bridgehead atoms. The molecule has 0 atom stereocenters. The van der Waals surface area contributed by atoms with Crippen LogP contribution < -0.4 is 0 Å². The second-order valence-electron chi connectivity index (χ2n) is 5.64. The molecule has 0 radical (unpaired) electrons. The monoisotopic (exact) mass is 314 g/mol. The molecule has 114 valence electrons. The van der Waals surface area contributed by atoms with Crippen LogP contribution in [-0.4, -0.2) is 20.6 Å². The zero-order valence-electron chi connectivity index (χ0n) is 12.6. The van der Waals surface area contributed by atoms with Gasteiger partial charge in [-0.15, -0.1) is 11.3 Å². The molecule has 2 aromatic heterocycles. The highest BCUT2D eigenvalue weighted by Gasteiger charge is 2.15. The number of hydrogen-bond acceptors (Lipinski definition) is 3. The molecule has 0 aliphatic heterocycles. The Kier molecular flexibility index (Phi) is 3.98. The van der Waals surface area contributed by atoms with Crippen molar-refractivity contribution in [1.82, 2.24) is 9.55 Å². The maximum Gasteiger partial charge on any atom is 0.307 e. The van der Waals surface area contributed by atoms with Gasteiger partial charge in [-0.05, 0) is 43.0 Å². The molecule has 3 rings (SSSR count). The molecule has 22 heavy (non-hydrogen) atoms. The molecule has 0 aliphatic carbocycles. The molecule has 0 fully saturated rings. The van der Waals surface area contributed by atoms with Gasteiger partial charge in [0.2, 0.25) is 0 Å². The van der Waals surface area contributed by atoms with Gasteiger partial charge in [0.25, 0.3) is 0 Å². The highest BCUT2D eigenvalue weighted by Crippen LogP contribution is 2.25. The number of imidazole rings is 1. The van der Waals surface area contributed by atoms with Crippen molar-refractivity contribution < 1.29 is 9.90 Å². The number of aromatic nitrogens is 2. The third-order valence-corrected chi connectivity index (χ3v) is 4.49. The molecule has 0 amide bonds. The van der Waals surface area contributed by atoms with Crippen LogP contribution in [0.3, 0.4) is 0 Å². The maximum absolute atomic E-state index is 10.9. The number of aliphatic carboxylic acids is 1. The van der Waals surface area contributed by atoms with Crippen molar-refractivity contribution in [2.24, 2.45) is 0 Å². The van der Waals surface area contributed by atoms with E-state index >= 15 is 0 Å². The molecule has 4 nitrogen and oxygen atoms in total. The van der Waals surface area contributed by atoms with Gasteiger partial charge >= 0.3 is 5.97 Å². The van der Waals surface area contributed by atoms with E-state index in [0.29, 0.717) is 6.04 Å². The molecular formula is C17H18N2O2S. The highest BCUT2D eigenvalue weighted by atomic mass is 32.1. The smallest absolute Gasteiger partial charge is 0.307 e. The van der Waals surface area contributed by atoms with E-state index in [-0.39, 0.29) is 6.42 Å². The Hall–Kier alpha value is -2.14.